The van der Waals surface area contributed by atoms with Gasteiger partial charge in [-0.25, -0.2) is 9.78 Å². The minimum Gasteiger partial charge on any atom is -0.477 e. The Labute approximate surface area is 87.8 Å². The first-order valence-corrected chi connectivity index (χ1v) is 5.38. The third-order valence-electron chi connectivity index (χ3n) is 1.85. The minimum absolute atomic E-state index is 0.273. The molecule has 0 saturated heterocycles. The van der Waals surface area contributed by atoms with Crippen LogP contribution in [0.3, 0.4) is 0 Å². The zero-order valence-corrected chi connectivity index (χ0v) is 9.52. The number of rotatable bonds is 3. The van der Waals surface area contributed by atoms with E-state index >= 15 is 0 Å². The second kappa shape index (κ2) is 4.09. The van der Waals surface area contributed by atoms with E-state index in [1.807, 2.05) is 0 Å². The van der Waals surface area contributed by atoms with Gasteiger partial charge >= 0.3 is 5.97 Å². The van der Waals surface area contributed by atoms with Crippen LogP contribution in [0, 0.1) is 5.41 Å². The number of thiazole rings is 1. The molecule has 0 aliphatic heterocycles. The van der Waals surface area contributed by atoms with Crippen molar-refractivity contribution >= 4 is 17.3 Å². The van der Waals surface area contributed by atoms with Crippen molar-refractivity contribution in [3.63, 3.8) is 0 Å². The van der Waals surface area contributed by atoms with Crippen molar-refractivity contribution in [2.24, 2.45) is 5.41 Å². The quantitative estimate of drug-likeness (QED) is 0.840. The lowest BCUT2D eigenvalue weighted by Gasteiger charge is -2.16. The highest BCUT2D eigenvalue weighted by atomic mass is 32.1. The maximum atomic E-state index is 10.6. The molecule has 1 rings (SSSR count). The third-order valence-corrected chi connectivity index (χ3v) is 2.90. The Morgan fingerprint density at radius 2 is 2.21 bits per heavy atom. The lowest BCUT2D eigenvalue weighted by atomic mass is 9.91. The Morgan fingerprint density at radius 1 is 1.57 bits per heavy atom. The molecule has 0 bridgehead atoms. The second-order valence-corrected chi connectivity index (χ2v) is 5.60. The molecule has 0 unspecified atom stereocenters. The molecule has 4 heteroatoms. The van der Waals surface area contributed by atoms with Crippen LogP contribution in [0.2, 0.25) is 0 Å². The van der Waals surface area contributed by atoms with Gasteiger partial charge in [0.25, 0.3) is 0 Å². The van der Waals surface area contributed by atoms with Crippen LogP contribution < -0.4 is 0 Å². The maximum absolute atomic E-state index is 10.6. The van der Waals surface area contributed by atoms with Crippen LogP contribution in [0.4, 0.5) is 0 Å². The highest BCUT2D eigenvalue weighted by molar-refractivity contribution is 7.13. The van der Waals surface area contributed by atoms with Crippen LogP contribution in [-0.2, 0) is 6.42 Å². The van der Waals surface area contributed by atoms with Gasteiger partial charge in [0.15, 0.2) is 0 Å². The number of hydrogen-bond donors (Lipinski definition) is 1. The summed E-state index contributed by atoms with van der Waals surface area (Å²) in [6.07, 6.45) is 3.33. The molecule has 1 aromatic heterocycles. The molecule has 78 valence electrons. The zero-order chi connectivity index (χ0) is 10.8. The van der Waals surface area contributed by atoms with Gasteiger partial charge in [0.1, 0.15) is 4.88 Å². The van der Waals surface area contributed by atoms with Crippen molar-refractivity contribution in [1.82, 2.24) is 4.98 Å². The van der Waals surface area contributed by atoms with Crippen LogP contribution >= 0.6 is 11.3 Å². The Bertz CT molecular complexity index is 325. The molecule has 0 aliphatic carbocycles. The molecular weight excluding hydrogens is 198 g/mol. The molecule has 0 aliphatic rings. The van der Waals surface area contributed by atoms with Crippen LogP contribution in [0.15, 0.2) is 6.20 Å². The Balaban J connectivity index is 2.56. The monoisotopic (exact) mass is 213 g/mol. The molecule has 0 aromatic carbocycles. The summed E-state index contributed by atoms with van der Waals surface area (Å²) in [6.45, 7) is 6.50. The van der Waals surface area contributed by atoms with Crippen LogP contribution in [-0.4, -0.2) is 16.1 Å². The molecule has 0 fully saturated rings. The van der Waals surface area contributed by atoms with Crippen molar-refractivity contribution in [3.05, 3.63) is 16.1 Å². The standard InChI is InChI=1S/C10H15NO2S/c1-10(2,3)5-4-8-11-6-7(14-8)9(12)13/h6H,4-5H2,1-3H3,(H,12,13). The lowest BCUT2D eigenvalue weighted by molar-refractivity contribution is 0.0702. The van der Waals surface area contributed by atoms with E-state index in [1.54, 1.807) is 0 Å². The number of aromatic nitrogens is 1. The average molecular weight is 213 g/mol. The third kappa shape index (κ3) is 3.46. The van der Waals surface area contributed by atoms with E-state index in [1.165, 1.54) is 17.5 Å². The topological polar surface area (TPSA) is 50.2 Å². The number of carboxylic acid groups (broad SMARTS) is 1. The highest BCUT2D eigenvalue weighted by Crippen LogP contribution is 2.23. The van der Waals surface area contributed by atoms with Gasteiger partial charge in [0.2, 0.25) is 0 Å². The van der Waals surface area contributed by atoms with Gasteiger partial charge in [0, 0.05) is 0 Å². The number of aryl methyl sites for hydroxylation is 1. The summed E-state index contributed by atoms with van der Waals surface area (Å²) >= 11 is 1.27. The van der Waals surface area contributed by atoms with Crippen molar-refractivity contribution in [2.75, 3.05) is 0 Å². The van der Waals surface area contributed by atoms with E-state index in [0.29, 0.717) is 4.88 Å². The molecule has 3 nitrogen and oxygen atoms in total. The Hall–Kier alpha value is -0.900. The molecule has 0 spiro atoms. The number of carboxylic acids is 1. The van der Waals surface area contributed by atoms with Gasteiger partial charge in [-0.15, -0.1) is 11.3 Å². The highest BCUT2D eigenvalue weighted by Gasteiger charge is 2.13. The summed E-state index contributed by atoms with van der Waals surface area (Å²) in [5, 5.41) is 9.61. The van der Waals surface area contributed by atoms with Crippen molar-refractivity contribution in [3.8, 4) is 0 Å². The fourth-order valence-electron chi connectivity index (χ4n) is 1.01. The number of nitrogens with zero attached hydrogens (tertiary/aromatic N) is 1. The normalized spacial score (nSPS) is 11.6. The first kappa shape index (κ1) is 11.2. The molecule has 0 saturated carbocycles. The summed E-state index contributed by atoms with van der Waals surface area (Å²) in [4.78, 5) is 15.0. The summed E-state index contributed by atoms with van der Waals surface area (Å²) in [5.41, 5.74) is 0.273. The Morgan fingerprint density at radius 3 is 2.64 bits per heavy atom. The zero-order valence-electron chi connectivity index (χ0n) is 8.70. The van der Waals surface area contributed by atoms with Gasteiger partial charge in [-0.1, -0.05) is 20.8 Å². The molecule has 0 atom stereocenters. The van der Waals surface area contributed by atoms with Crippen molar-refractivity contribution in [2.45, 2.75) is 33.6 Å². The van der Waals surface area contributed by atoms with E-state index < -0.39 is 5.97 Å². The molecule has 14 heavy (non-hydrogen) atoms. The van der Waals surface area contributed by atoms with Crippen LogP contribution in [0.25, 0.3) is 0 Å². The molecule has 1 N–H and O–H groups in total. The molecular formula is C10H15NO2S. The van der Waals surface area contributed by atoms with Crippen molar-refractivity contribution in [1.29, 1.82) is 0 Å². The molecule has 0 amide bonds. The average Bonchev–Trinajstić information content (AvgIpc) is 2.47. The SMILES string of the molecule is CC(C)(C)CCc1ncc(C(=O)O)s1. The van der Waals surface area contributed by atoms with Crippen LogP contribution in [0.5, 0.6) is 0 Å². The summed E-state index contributed by atoms with van der Waals surface area (Å²) in [6, 6.07) is 0. The summed E-state index contributed by atoms with van der Waals surface area (Å²) in [7, 11) is 0. The summed E-state index contributed by atoms with van der Waals surface area (Å²) < 4.78 is 0. The Kier molecular flexibility index (Phi) is 3.26. The van der Waals surface area contributed by atoms with Crippen molar-refractivity contribution < 1.29 is 9.90 Å². The smallest absolute Gasteiger partial charge is 0.347 e. The second-order valence-electron chi connectivity index (χ2n) is 4.48. The molecule has 1 aromatic rings. The molecule has 1 heterocycles. The first-order valence-electron chi connectivity index (χ1n) is 4.56. The van der Waals surface area contributed by atoms with Gasteiger partial charge in [-0.2, -0.15) is 0 Å². The number of aromatic carboxylic acids is 1. The number of hydrogen-bond acceptors (Lipinski definition) is 3. The summed E-state index contributed by atoms with van der Waals surface area (Å²) in [5.74, 6) is -0.885. The maximum Gasteiger partial charge on any atom is 0.347 e. The van der Waals surface area contributed by atoms with E-state index in [-0.39, 0.29) is 5.41 Å². The largest absolute Gasteiger partial charge is 0.477 e. The fraction of sp³-hybridized carbons (Fsp3) is 0.600. The van der Waals surface area contributed by atoms with Crippen LogP contribution in [0.1, 0.15) is 41.9 Å². The predicted octanol–water partition coefficient (Wildman–Crippen LogP) is 2.82. The van der Waals surface area contributed by atoms with Gasteiger partial charge in [-0.05, 0) is 18.3 Å². The van der Waals surface area contributed by atoms with Gasteiger partial charge < -0.3 is 5.11 Å². The van der Waals surface area contributed by atoms with E-state index in [4.69, 9.17) is 5.11 Å². The van der Waals surface area contributed by atoms with E-state index in [0.717, 1.165) is 17.8 Å². The minimum atomic E-state index is -0.885. The predicted molar refractivity (Wildman–Crippen MR) is 56.8 cm³/mol. The van der Waals surface area contributed by atoms with Gasteiger partial charge in [0.05, 0.1) is 11.2 Å². The van der Waals surface area contributed by atoms with E-state index in [2.05, 4.69) is 25.8 Å². The van der Waals surface area contributed by atoms with E-state index in [9.17, 15) is 4.79 Å². The lowest BCUT2D eigenvalue weighted by Crippen LogP contribution is -2.05. The molecule has 0 radical (unpaired) electrons. The number of carbonyl (C=O) groups is 1. The first-order chi connectivity index (χ1) is 6.38. The fourth-order valence-corrected chi connectivity index (χ4v) is 1.76. The van der Waals surface area contributed by atoms with Gasteiger partial charge in [-0.3, -0.25) is 0 Å².